The SMILES string of the molecule is CC1Cc2cc(/C(O)=C3/C(=O)C(=O)N(CCc4ccc(F)cc4)C3c3cccs3)ccc2O1. The van der Waals surface area contributed by atoms with Crippen LogP contribution in [0.25, 0.3) is 5.76 Å². The van der Waals surface area contributed by atoms with Crippen molar-refractivity contribution in [3.63, 3.8) is 0 Å². The molecule has 0 aliphatic carbocycles. The molecule has 0 saturated carbocycles. The van der Waals surface area contributed by atoms with Crippen molar-refractivity contribution in [3.05, 3.63) is 92.9 Å². The molecule has 3 aromatic rings. The molecule has 1 N–H and O–H groups in total. The van der Waals surface area contributed by atoms with E-state index in [1.165, 1.54) is 28.4 Å². The van der Waals surface area contributed by atoms with Crippen molar-refractivity contribution >= 4 is 28.8 Å². The van der Waals surface area contributed by atoms with Crippen LogP contribution in [-0.2, 0) is 22.4 Å². The standard InChI is InChI=1S/C26H22FNO4S/c1-15-13-18-14-17(6-9-20(18)32-15)24(29)22-23(21-3-2-12-33-21)28(26(31)25(22)30)11-10-16-4-7-19(27)8-5-16/h2-9,12,14-15,23,29H,10-11,13H2,1H3/b24-22-. The number of nitrogens with zero attached hydrogens (tertiary/aromatic N) is 1. The predicted molar refractivity (Wildman–Crippen MR) is 124 cm³/mol. The van der Waals surface area contributed by atoms with Crippen LogP contribution in [0.15, 0.2) is 65.6 Å². The normalized spacial score (nSPS) is 21.3. The number of benzene rings is 2. The number of hydrogen-bond acceptors (Lipinski definition) is 5. The topological polar surface area (TPSA) is 66.8 Å². The highest BCUT2D eigenvalue weighted by atomic mass is 32.1. The minimum Gasteiger partial charge on any atom is -0.507 e. The Morgan fingerprint density at radius 1 is 1.18 bits per heavy atom. The van der Waals surface area contributed by atoms with Crippen LogP contribution < -0.4 is 4.74 Å². The van der Waals surface area contributed by atoms with E-state index in [0.717, 1.165) is 28.2 Å². The largest absolute Gasteiger partial charge is 0.507 e. The zero-order chi connectivity index (χ0) is 23.1. The zero-order valence-electron chi connectivity index (χ0n) is 18.0. The Labute approximate surface area is 194 Å². The monoisotopic (exact) mass is 463 g/mol. The first-order chi connectivity index (χ1) is 15.9. The number of likely N-dealkylation sites (tertiary alicyclic amines) is 1. The smallest absolute Gasteiger partial charge is 0.295 e. The summed E-state index contributed by atoms with van der Waals surface area (Å²) in [7, 11) is 0. The molecule has 0 radical (unpaired) electrons. The van der Waals surface area contributed by atoms with Crippen molar-refractivity contribution in [1.82, 2.24) is 4.90 Å². The lowest BCUT2D eigenvalue weighted by Crippen LogP contribution is -2.31. The molecule has 1 amide bonds. The van der Waals surface area contributed by atoms with E-state index < -0.39 is 17.7 Å². The highest BCUT2D eigenvalue weighted by Gasteiger charge is 2.46. The van der Waals surface area contributed by atoms with Gasteiger partial charge < -0.3 is 14.7 Å². The van der Waals surface area contributed by atoms with E-state index in [-0.39, 0.29) is 29.8 Å². The van der Waals surface area contributed by atoms with E-state index >= 15 is 0 Å². The Morgan fingerprint density at radius 2 is 1.97 bits per heavy atom. The Kier molecular flexibility index (Phi) is 5.50. The fraction of sp³-hybridized carbons (Fsp3) is 0.231. The number of fused-ring (bicyclic) bond motifs is 1. The van der Waals surface area contributed by atoms with Gasteiger partial charge in [-0.05, 0) is 66.2 Å². The molecule has 5 nitrogen and oxygen atoms in total. The molecule has 1 fully saturated rings. The highest BCUT2D eigenvalue weighted by Crippen LogP contribution is 2.42. The molecule has 1 aromatic heterocycles. The van der Waals surface area contributed by atoms with Gasteiger partial charge in [-0.3, -0.25) is 9.59 Å². The zero-order valence-corrected chi connectivity index (χ0v) is 18.8. The Bertz CT molecular complexity index is 1250. The van der Waals surface area contributed by atoms with E-state index in [9.17, 15) is 19.1 Å². The molecule has 1 saturated heterocycles. The summed E-state index contributed by atoms with van der Waals surface area (Å²) in [5.74, 6) is -1.08. The van der Waals surface area contributed by atoms with Crippen LogP contribution >= 0.6 is 11.3 Å². The van der Waals surface area contributed by atoms with Gasteiger partial charge in [0.05, 0.1) is 11.6 Å². The molecule has 0 bridgehead atoms. The van der Waals surface area contributed by atoms with Crippen molar-refractivity contribution in [2.24, 2.45) is 0 Å². The fourth-order valence-corrected chi connectivity index (χ4v) is 5.32. The summed E-state index contributed by atoms with van der Waals surface area (Å²) in [4.78, 5) is 28.4. The van der Waals surface area contributed by atoms with Crippen LogP contribution in [0.3, 0.4) is 0 Å². The molecule has 5 rings (SSSR count). The number of aliphatic hydroxyl groups excluding tert-OH is 1. The summed E-state index contributed by atoms with van der Waals surface area (Å²) in [5, 5.41) is 13.1. The number of halogens is 1. The number of hydrogen-bond donors (Lipinski definition) is 1. The minimum atomic E-state index is -0.699. The van der Waals surface area contributed by atoms with Gasteiger partial charge in [-0.1, -0.05) is 18.2 Å². The second-order valence-electron chi connectivity index (χ2n) is 8.34. The first-order valence-electron chi connectivity index (χ1n) is 10.8. The van der Waals surface area contributed by atoms with Crippen LogP contribution in [-0.4, -0.2) is 34.3 Å². The minimum absolute atomic E-state index is 0.0561. The average Bonchev–Trinajstić information content (AvgIpc) is 3.51. The quantitative estimate of drug-likeness (QED) is 0.333. The lowest BCUT2D eigenvalue weighted by Gasteiger charge is -2.24. The van der Waals surface area contributed by atoms with Gasteiger partial charge in [-0.2, -0.15) is 0 Å². The van der Waals surface area contributed by atoms with E-state index in [4.69, 9.17) is 4.74 Å². The highest BCUT2D eigenvalue weighted by molar-refractivity contribution is 7.10. The summed E-state index contributed by atoms with van der Waals surface area (Å²) in [6.07, 6.45) is 1.24. The molecule has 3 heterocycles. The van der Waals surface area contributed by atoms with Gasteiger partial charge in [0, 0.05) is 23.4 Å². The van der Waals surface area contributed by atoms with Crippen LogP contribution in [0, 0.1) is 5.82 Å². The van der Waals surface area contributed by atoms with Gasteiger partial charge in [-0.15, -0.1) is 11.3 Å². The van der Waals surface area contributed by atoms with E-state index in [0.29, 0.717) is 12.0 Å². The summed E-state index contributed by atoms with van der Waals surface area (Å²) in [5.41, 5.74) is 2.40. The van der Waals surface area contributed by atoms with Crippen LogP contribution in [0.2, 0.25) is 0 Å². The maximum Gasteiger partial charge on any atom is 0.295 e. The van der Waals surface area contributed by atoms with Crippen molar-refractivity contribution in [3.8, 4) is 5.75 Å². The number of ether oxygens (including phenoxy) is 1. The predicted octanol–water partition coefficient (Wildman–Crippen LogP) is 4.88. The van der Waals surface area contributed by atoms with Gasteiger partial charge in [0.1, 0.15) is 23.4 Å². The molecular weight excluding hydrogens is 441 g/mol. The van der Waals surface area contributed by atoms with Crippen LogP contribution in [0.5, 0.6) is 5.75 Å². The average molecular weight is 464 g/mol. The molecule has 2 aromatic carbocycles. The van der Waals surface area contributed by atoms with Crippen LogP contribution in [0.1, 0.15) is 34.5 Å². The summed E-state index contributed by atoms with van der Waals surface area (Å²) >= 11 is 1.43. The van der Waals surface area contributed by atoms with E-state index in [1.807, 2.05) is 30.5 Å². The molecule has 2 unspecified atom stereocenters. The van der Waals surface area contributed by atoms with Gasteiger partial charge >= 0.3 is 0 Å². The molecule has 33 heavy (non-hydrogen) atoms. The molecule has 7 heteroatoms. The Balaban J connectivity index is 1.52. The molecule has 2 aliphatic heterocycles. The van der Waals surface area contributed by atoms with Crippen molar-refractivity contribution < 1.29 is 23.8 Å². The molecular formula is C26H22FNO4S. The molecule has 0 spiro atoms. The lowest BCUT2D eigenvalue weighted by molar-refractivity contribution is -0.139. The number of carbonyl (C=O) groups is 2. The number of ketones is 1. The van der Waals surface area contributed by atoms with E-state index in [2.05, 4.69) is 0 Å². The van der Waals surface area contributed by atoms with Gasteiger partial charge in [0.25, 0.3) is 11.7 Å². The fourth-order valence-electron chi connectivity index (χ4n) is 4.48. The third kappa shape index (κ3) is 3.93. The van der Waals surface area contributed by atoms with Gasteiger partial charge in [0.2, 0.25) is 0 Å². The summed E-state index contributed by atoms with van der Waals surface area (Å²) in [6.45, 7) is 2.24. The third-order valence-corrected chi connectivity index (χ3v) is 7.00. The number of Topliss-reactive ketones (excluding diaryl/α,β-unsaturated/α-hetero) is 1. The third-order valence-electron chi connectivity index (χ3n) is 6.08. The summed E-state index contributed by atoms with van der Waals surface area (Å²) < 4.78 is 19.0. The maximum atomic E-state index is 13.2. The molecule has 2 aliphatic rings. The molecule has 2 atom stereocenters. The van der Waals surface area contributed by atoms with Crippen molar-refractivity contribution in [2.45, 2.75) is 31.9 Å². The van der Waals surface area contributed by atoms with Crippen LogP contribution in [0.4, 0.5) is 4.39 Å². The van der Waals surface area contributed by atoms with Gasteiger partial charge in [-0.25, -0.2) is 4.39 Å². The first-order valence-corrected chi connectivity index (χ1v) is 11.7. The number of aliphatic hydroxyl groups is 1. The second kappa shape index (κ2) is 8.48. The summed E-state index contributed by atoms with van der Waals surface area (Å²) in [6, 6.07) is 14.4. The number of carbonyl (C=O) groups excluding carboxylic acids is 2. The van der Waals surface area contributed by atoms with E-state index in [1.54, 1.807) is 24.3 Å². The van der Waals surface area contributed by atoms with Crippen molar-refractivity contribution in [2.75, 3.05) is 6.54 Å². The van der Waals surface area contributed by atoms with Gasteiger partial charge in [0.15, 0.2) is 0 Å². The molecule has 168 valence electrons. The number of amides is 1. The lowest BCUT2D eigenvalue weighted by atomic mass is 9.98. The Morgan fingerprint density at radius 3 is 2.70 bits per heavy atom. The number of thiophene rings is 1. The maximum absolute atomic E-state index is 13.2. The number of rotatable bonds is 5. The Hall–Kier alpha value is -3.45. The van der Waals surface area contributed by atoms with Crippen molar-refractivity contribution in [1.29, 1.82) is 0 Å². The second-order valence-corrected chi connectivity index (χ2v) is 9.32. The first kappa shape index (κ1) is 21.4.